The largest absolute Gasteiger partial charge is 0.496 e. The molecular weight excluding hydrogens is 432 g/mol. The van der Waals surface area contributed by atoms with E-state index in [2.05, 4.69) is 20.8 Å². The molecule has 0 bridgehead atoms. The second kappa shape index (κ2) is 8.30. The molecule has 0 aliphatic heterocycles. The molecule has 0 saturated carbocycles. The van der Waals surface area contributed by atoms with Gasteiger partial charge < -0.3 is 10.1 Å². The Morgan fingerprint density at radius 2 is 1.93 bits per heavy atom. The molecule has 3 rings (SSSR count). The van der Waals surface area contributed by atoms with Gasteiger partial charge in [-0.3, -0.25) is 4.79 Å². The minimum Gasteiger partial charge on any atom is -0.496 e. The summed E-state index contributed by atoms with van der Waals surface area (Å²) in [5.74, 6) is -0.859. The molecule has 1 amide bonds. The summed E-state index contributed by atoms with van der Waals surface area (Å²) in [4.78, 5) is 12.8. The lowest BCUT2D eigenvalue weighted by Gasteiger charge is -2.18. The Bertz CT molecular complexity index is 1030. The minimum atomic E-state index is -0.631. The monoisotopic (exact) mass is 443 g/mol. The highest BCUT2D eigenvalue weighted by molar-refractivity contribution is 6.35. The standard InChI is InChI=1S/C17H13Cl3FN5O2/c1-8(9-4-14(21)12(19)5-11(9)18)23-17(27)10-3-13(20)15(6-16(10)28-2)26-7-22-24-25-26/h3-8H,1-2H3,(H,23,27). The van der Waals surface area contributed by atoms with E-state index in [1.807, 2.05) is 0 Å². The van der Waals surface area contributed by atoms with Crippen molar-refractivity contribution in [2.75, 3.05) is 7.11 Å². The average molecular weight is 445 g/mol. The third kappa shape index (κ3) is 4.04. The van der Waals surface area contributed by atoms with Gasteiger partial charge in [-0.25, -0.2) is 4.39 Å². The lowest BCUT2D eigenvalue weighted by molar-refractivity contribution is 0.0937. The maximum Gasteiger partial charge on any atom is 0.255 e. The third-order valence-electron chi connectivity index (χ3n) is 3.96. The highest BCUT2D eigenvalue weighted by Gasteiger charge is 2.21. The van der Waals surface area contributed by atoms with Crippen molar-refractivity contribution in [1.82, 2.24) is 25.5 Å². The molecule has 1 aromatic heterocycles. The first kappa shape index (κ1) is 20.3. The van der Waals surface area contributed by atoms with E-state index in [1.165, 1.54) is 42.4 Å². The molecule has 1 atom stereocenters. The van der Waals surface area contributed by atoms with E-state index in [0.29, 0.717) is 11.3 Å². The van der Waals surface area contributed by atoms with E-state index in [9.17, 15) is 9.18 Å². The fourth-order valence-electron chi connectivity index (χ4n) is 2.56. The zero-order valence-electron chi connectivity index (χ0n) is 14.6. The first-order valence-corrected chi connectivity index (χ1v) is 9.01. The van der Waals surface area contributed by atoms with Crippen molar-refractivity contribution >= 4 is 40.7 Å². The molecule has 11 heteroatoms. The number of nitrogens with one attached hydrogen (secondary N) is 1. The molecule has 0 radical (unpaired) electrons. The van der Waals surface area contributed by atoms with Crippen molar-refractivity contribution in [2.24, 2.45) is 0 Å². The van der Waals surface area contributed by atoms with Gasteiger partial charge in [-0.15, -0.1) is 5.10 Å². The second-order valence-electron chi connectivity index (χ2n) is 5.74. The molecule has 1 N–H and O–H groups in total. The number of nitrogens with zero attached hydrogens (tertiary/aromatic N) is 4. The molecular formula is C17H13Cl3FN5O2. The number of carbonyl (C=O) groups excluding carboxylic acids is 1. The maximum atomic E-state index is 13.8. The van der Waals surface area contributed by atoms with Crippen LogP contribution < -0.4 is 10.1 Å². The number of carbonyl (C=O) groups is 1. The van der Waals surface area contributed by atoms with Crippen LogP contribution in [0.4, 0.5) is 4.39 Å². The molecule has 7 nitrogen and oxygen atoms in total. The normalized spacial score (nSPS) is 11.9. The zero-order chi connectivity index (χ0) is 20.4. The van der Waals surface area contributed by atoms with Crippen molar-refractivity contribution in [3.63, 3.8) is 0 Å². The quantitative estimate of drug-likeness (QED) is 0.595. The van der Waals surface area contributed by atoms with E-state index in [0.717, 1.165) is 0 Å². The molecule has 3 aromatic rings. The van der Waals surface area contributed by atoms with Crippen LogP contribution in [0.2, 0.25) is 15.1 Å². The number of methoxy groups -OCH3 is 1. The summed E-state index contributed by atoms with van der Waals surface area (Å²) in [6.45, 7) is 1.66. The van der Waals surface area contributed by atoms with Gasteiger partial charge in [-0.1, -0.05) is 34.8 Å². The summed E-state index contributed by atoms with van der Waals surface area (Å²) >= 11 is 18.1. The van der Waals surface area contributed by atoms with Gasteiger partial charge >= 0.3 is 0 Å². The molecule has 1 heterocycles. The zero-order valence-corrected chi connectivity index (χ0v) is 16.8. The highest BCUT2D eigenvalue weighted by Crippen LogP contribution is 2.31. The Morgan fingerprint density at radius 3 is 2.57 bits per heavy atom. The van der Waals surface area contributed by atoms with Crippen molar-refractivity contribution < 1.29 is 13.9 Å². The van der Waals surface area contributed by atoms with Crippen LogP contribution in [0, 0.1) is 5.82 Å². The second-order valence-corrected chi connectivity index (χ2v) is 6.96. The van der Waals surface area contributed by atoms with E-state index >= 15 is 0 Å². The van der Waals surface area contributed by atoms with Gasteiger partial charge in [-0.2, -0.15) is 4.68 Å². The van der Waals surface area contributed by atoms with Crippen LogP contribution in [0.25, 0.3) is 5.69 Å². The fourth-order valence-corrected chi connectivity index (χ4v) is 3.36. The average Bonchev–Trinajstić information content (AvgIpc) is 3.18. The van der Waals surface area contributed by atoms with Gasteiger partial charge in [0.2, 0.25) is 0 Å². The molecule has 0 aliphatic carbocycles. The maximum absolute atomic E-state index is 13.8. The Morgan fingerprint density at radius 1 is 1.18 bits per heavy atom. The first-order valence-electron chi connectivity index (χ1n) is 7.88. The van der Waals surface area contributed by atoms with Gasteiger partial charge in [0, 0.05) is 11.1 Å². The summed E-state index contributed by atoms with van der Waals surface area (Å²) < 4.78 is 20.4. The van der Waals surface area contributed by atoms with Crippen molar-refractivity contribution in [1.29, 1.82) is 0 Å². The van der Waals surface area contributed by atoms with E-state index < -0.39 is 17.8 Å². The highest BCUT2D eigenvalue weighted by atomic mass is 35.5. The van der Waals surface area contributed by atoms with E-state index in [-0.39, 0.29) is 26.4 Å². The fraction of sp³-hybridized carbons (Fsp3) is 0.176. The first-order chi connectivity index (χ1) is 13.3. The van der Waals surface area contributed by atoms with Gasteiger partial charge in [-0.05, 0) is 41.1 Å². The summed E-state index contributed by atoms with van der Waals surface area (Å²) in [5, 5.41) is 14.0. The van der Waals surface area contributed by atoms with Gasteiger partial charge in [0.05, 0.1) is 34.4 Å². The van der Waals surface area contributed by atoms with Gasteiger partial charge in [0.25, 0.3) is 5.91 Å². The summed E-state index contributed by atoms with van der Waals surface area (Å²) in [6.07, 6.45) is 1.36. The number of rotatable bonds is 5. The molecule has 0 spiro atoms. The number of benzene rings is 2. The van der Waals surface area contributed by atoms with E-state index in [1.54, 1.807) is 6.92 Å². The Labute approximate surface area is 174 Å². The molecule has 0 saturated heterocycles. The summed E-state index contributed by atoms with van der Waals surface area (Å²) in [7, 11) is 1.41. The van der Waals surface area contributed by atoms with Gasteiger partial charge in [0.1, 0.15) is 17.9 Å². The molecule has 1 unspecified atom stereocenters. The van der Waals surface area contributed by atoms with E-state index in [4.69, 9.17) is 39.5 Å². The number of hydrogen-bond donors (Lipinski definition) is 1. The Hall–Kier alpha value is -2.42. The smallest absolute Gasteiger partial charge is 0.255 e. The van der Waals surface area contributed by atoms with Crippen molar-refractivity contribution in [2.45, 2.75) is 13.0 Å². The molecule has 28 heavy (non-hydrogen) atoms. The summed E-state index contributed by atoms with van der Waals surface area (Å²) in [6, 6.07) is 4.83. The van der Waals surface area contributed by atoms with Crippen LogP contribution in [0.15, 0.2) is 30.6 Å². The number of ether oxygens (including phenoxy) is 1. The lowest BCUT2D eigenvalue weighted by atomic mass is 10.1. The van der Waals surface area contributed by atoms with Gasteiger partial charge in [0.15, 0.2) is 0 Å². The molecule has 146 valence electrons. The number of hydrogen-bond acceptors (Lipinski definition) is 5. The van der Waals surface area contributed by atoms with Crippen molar-refractivity contribution in [3.05, 3.63) is 62.6 Å². The number of tetrazole rings is 1. The van der Waals surface area contributed by atoms with Crippen molar-refractivity contribution in [3.8, 4) is 11.4 Å². The van der Waals surface area contributed by atoms with Crippen LogP contribution in [-0.2, 0) is 0 Å². The molecule has 0 aliphatic rings. The SMILES string of the molecule is COc1cc(-n2cnnn2)c(Cl)cc1C(=O)NC(C)c1cc(F)c(Cl)cc1Cl. The van der Waals surface area contributed by atoms with Crippen LogP contribution in [0.3, 0.4) is 0 Å². The third-order valence-corrected chi connectivity index (χ3v) is 4.88. The Balaban J connectivity index is 1.90. The molecule has 2 aromatic carbocycles. The predicted octanol–water partition coefficient (Wildman–Crippen LogP) is 4.26. The minimum absolute atomic E-state index is 0.0982. The topological polar surface area (TPSA) is 81.9 Å². The predicted molar refractivity (Wildman–Crippen MR) is 103 cm³/mol. The van der Waals surface area contributed by atoms with Crippen LogP contribution >= 0.6 is 34.8 Å². The number of halogens is 4. The lowest BCUT2D eigenvalue weighted by Crippen LogP contribution is -2.27. The Kier molecular flexibility index (Phi) is 6.02. The summed E-state index contributed by atoms with van der Waals surface area (Å²) in [5.41, 5.74) is 1.00. The molecule has 0 fully saturated rings. The number of amides is 1. The van der Waals surface area contributed by atoms with Crippen LogP contribution in [0.1, 0.15) is 28.9 Å². The van der Waals surface area contributed by atoms with Crippen LogP contribution in [-0.4, -0.2) is 33.2 Å². The van der Waals surface area contributed by atoms with Crippen LogP contribution in [0.5, 0.6) is 5.75 Å². The number of aromatic nitrogens is 4.